The standard InChI is InChI=1S/4C19H30O2.Pb/c4*1-2-3-4-5-6-7-8-9-10-11-13-17-14-12-15-18(16-17)19(20)21;/h4*12,14-16H,2-11,13H2,1H3,(H,20,21);/p-4. The van der Waals surface area contributed by atoms with E-state index in [1.165, 1.54) is 231 Å². The van der Waals surface area contributed by atoms with Crippen molar-refractivity contribution in [3.05, 3.63) is 142 Å². The van der Waals surface area contributed by atoms with Gasteiger partial charge in [-0.15, -0.1) is 0 Å². The molecule has 4 aromatic rings. The van der Waals surface area contributed by atoms with E-state index >= 15 is 0 Å². The van der Waals surface area contributed by atoms with Crippen molar-refractivity contribution in [2.45, 2.75) is 310 Å². The summed E-state index contributed by atoms with van der Waals surface area (Å²) >= 11 is 0. The SMILES string of the molecule is CCCCCCCCCCCCc1cccc(C(=O)[O-])c1.CCCCCCCCCCCCc1cccc(C(=O)[O-])c1.CCCCCCCCCCCCc1cccc(C(=O)[O-])c1.CCCCCCCCCCCCc1cccc(C(=O)[O-])c1.[Pb]. The molecule has 0 saturated heterocycles. The Labute approximate surface area is 539 Å². The molecule has 476 valence electrons. The average molecular weight is 1360 g/mol. The summed E-state index contributed by atoms with van der Waals surface area (Å²) in [6.07, 6.45) is 56.9. The van der Waals surface area contributed by atoms with Gasteiger partial charge in [0.15, 0.2) is 0 Å². The van der Waals surface area contributed by atoms with Crippen LogP contribution in [0.15, 0.2) is 97.1 Å². The molecule has 0 N–H and O–H groups in total. The first-order valence-electron chi connectivity index (χ1n) is 34.2. The molecule has 4 radical (unpaired) electrons. The van der Waals surface area contributed by atoms with Gasteiger partial charge in [0.05, 0.1) is 23.9 Å². The quantitative estimate of drug-likeness (QED) is 0.0312. The topological polar surface area (TPSA) is 161 Å². The first kappa shape index (κ1) is 80.7. The molecule has 0 aliphatic carbocycles. The summed E-state index contributed by atoms with van der Waals surface area (Å²) in [4.78, 5) is 43.1. The van der Waals surface area contributed by atoms with Gasteiger partial charge in [-0.05, 0) is 120 Å². The van der Waals surface area contributed by atoms with Crippen molar-refractivity contribution >= 4 is 51.2 Å². The summed E-state index contributed by atoms with van der Waals surface area (Å²) < 4.78 is 0. The number of carbonyl (C=O) groups is 4. The molecule has 0 fully saturated rings. The van der Waals surface area contributed by atoms with E-state index in [9.17, 15) is 39.6 Å². The molecule has 0 aliphatic rings. The van der Waals surface area contributed by atoms with Crippen LogP contribution >= 0.6 is 0 Å². The Kier molecular flexibility index (Phi) is 55.7. The number of carbonyl (C=O) groups excluding carboxylic acids is 4. The normalized spacial score (nSPS) is 10.6. The van der Waals surface area contributed by atoms with Gasteiger partial charge in [0.25, 0.3) is 0 Å². The molecule has 4 aromatic carbocycles. The Morgan fingerprint density at radius 1 is 0.235 bits per heavy atom. The van der Waals surface area contributed by atoms with Crippen LogP contribution in [-0.4, -0.2) is 51.2 Å². The molecule has 0 saturated carbocycles. The van der Waals surface area contributed by atoms with Gasteiger partial charge < -0.3 is 39.6 Å². The van der Waals surface area contributed by atoms with Gasteiger partial charge in [0.1, 0.15) is 0 Å². The number of hydrogen-bond donors (Lipinski definition) is 0. The Balaban J connectivity index is 0.00000110. The summed E-state index contributed by atoms with van der Waals surface area (Å²) in [6.45, 7) is 9.01. The fraction of sp³-hybridized carbons (Fsp3) is 0.632. The third-order valence-electron chi connectivity index (χ3n) is 15.9. The third kappa shape index (κ3) is 48.4. The predicted octanol–water partition coefficient (Wildman–Crippen LogP) is 17.7. The molecular weight excluding hydrogens is 1250 g/mol. The van der Waals surface area contributed by atoms with Crippen molar-refractivity contribution < 1.29 is 39.6 Å². The van der Waals surface area contributed by atoms with Crippen molar-refractivity contribution in [2.75, 3.05) is 0 Å². The van der Waals surface area contributed by atoms with Crippen LogP contribution in [0, 0.1) is 0 Å². The van der Waals surface area contributed by atoms with E-state index in [-0.39, 0.29) is 27.3 Å². The maximum absolute atomic E-state index is 10.8. The predicted molar refractivity (Wildman–Crippen MR) is 351 cm³/mol. The van der Waals surface area contributed by atoms with Crippen molar-refractivity contribution in [1.82, 2.24) is 0 Å². The summed E-state index contributed by atoms with van der Waals surface area (Å²) in [5.74, 6) is -4.33. The molecule has 0 amide bonds. The maximum Gasteiger partial charge on any atom is 0.0715 e. The molecule has 0 bridgehead atoms. The van der Waals surface area contributed by atoms with Crippen LogP contribution in [-0.2, 0) is 25.7 Å². The number of unbranched alkanes of at least 4 members (excludes halogenated alkanes) is 36. The number of hydrogen-bond acceptors (Lipinski definition) is 8. The van der Waals surface area contributed by atoms with Crippen LogP contribution in [0.2, 0.25) is 0 Å². The molecule has 0 heterocycles. The van der Waals surface area contributed by atoms with Crippen LogP contribution in [0.4, 0.5) is 0 Å². The Morgan fingerprint density at radius 2 is 0.376 bits per heavy atom. The van der Waals surface area contributed by atoms with Gasteiger partial charge in [0.2, 0.25) is 0 Å². The van der Waals surface area contributed by atoms with Crippen molar-refractivity contribution in [1.29, 1.82) is 0 Å². The van der Waals surface area contributed by atoms with Gasteiger partial charge in [-0.3, -0.25) is 0 Å². The van der Waals surface area contributed by atoms with Gasteiger partial charge in [-0.25, -0.2) is 0 Å². The Morgan fingerprint density at radius 3 is 0.518 bits per heavy atom. The minimum atomic E-state index is -1.08. The van der Waals surface area contributed by atoms with Crippen molar-refractivity contribution in [3.63, 3.8) is 0 Å². The number of carboxylic acids is 4. The third-order valence-corrected chi connectivity index (χ3v) is 15.9. The average Bonchev–Trinajstić information content (AvgIpc) is 3.53. The Hall–Kier alpha value is -4.32. The Bertz CT molecular complexity index is 1910. The molecule has 4 rings (SSSR count). The summed E-state index contributed by atoms with van der Waals surface area (Å²) in [7, 11) is 0. The monoisotopic (exact) mass is 1360 g/mol. The summed E-state index contributed by atoms with van der Waals surface area (Å²) in [6, 6.07) is 28.5. The fourth-order valence-electron chi connectivity index (χ4n) is 10.7. The van der Waals surface area contributed by atoms with Crippen molar-refractivity contribution in [3.8, 4) is 0 Å². The number of benzene rings is 4. The number of aryl methyl sites for hydroxylation is 4. The molecule has 0 atom stereocenters. The smallest absolute Gasteiger partial charge is 0.0715 e. The number of rotatable bonds is 48. The molecule has 0 spiro atoms. The van der Waals surface area contributed by atoms with Gasteiger partial charge in [0, 0.05) is 27.3 Å². The van der Waals surface area contributed by atoms with Crippen LogP contribution in [0.5, 0.6) is 0 Å². The number of aromatic carboxylic acids is 4. The van der Waals surface area contributed by atoms with Crippen LogP contribution in [0.1, 0.15) is 348 Å². The number of carboxylic acid groups (broad SMARTS) is 4. The molecule has 0 aromatic heterocycles. The first-order chi connectivity index (χ1) is 40.9. The van der Waals surface area contributed by atoms with E-state index in [2.05, 4.69) is 27.7 Å². The molecule has 0 aliphatic heterocycles. The second-order valence-electron chi connectivity index (χ2n) is 23.7. The van der Waals surface area contributed by atoms with E-state index in [0.717, 1.165) is 73.6 Å². The fourth-order valence-corrected chi connectivity index (χ4v) is 10.7. The van der Waals surface area contributed by atoms with E-state index in [1.54, 1.807) is 72.8 Å². The minimum Gasteiger partial charge on any atom is -0.545 e. The van der Waals surface area contributed by atoms with Gasteiger partial charge in [-0.1, -0.05) is 332 Å². The zero-order chi connectivity index (χ0) is 61.4. The first-order valence-corrected chi connectivity index (χ1v) is 34.2. The van der Waals surface area contributed by atoms with E-state index in [1.807, 2.05) is 24.3 Å². The second kappa shape index (κ2) is 58.7. The summed E-state index contributed by atoms with van der Waals surface area (Å²) in [5.41, 5.74) is 5.60. The summed E-state index contributed by atoms with van der Waals surface area (Å²) in [5, 5.41) is 43.1. The maximum atomic E-state index is 10.8. The van der Waals surface area contributed by atoms with E-state index in [0.29, 0.717) is 22.3 Å². The molecule has 0 unspecified atom stereocenters. The second-order valence-corrected chi connectivity index (χ2v) is 23.7. The molecule has 9 heteroatoms. The zero-order valence-electron chi connectivity index (χ0n) is 54.1. The minimum absolute atomic E-state index is 0. The zero-order valence-corrected chi connectivity index (χ0v) is 58.0. The molecular formula is C76H116O8Pb-4. The molecule has 8 nitrogen and oxygen atoms in total. The van der Waals surface area contributed by atoms with E-state index < -0.39 is 23.9 Å². The molecule has 85 heavy (non-hydrogen) atoms. The van der Waals surface area contributed by atoms with E-state index in [4.69, 9.17) is 0 Å². The van der Waals surface area contributed by atoms with Gasteiger partial charge in [-0.2, -0.15) is 0 Å². The van der Waals surface area contributed by atoms with Crippen LogP contribution in [0.25, 0.3) is 0 Å². The van der Waals surface area contributed by atoms with Crippen LogP contribution in [0.3, 0.4) is 0 Å². The largest absolute Gasteiger partial charge is 0.545 e. The van der Waals surface area contributed by atoms with Crippen LogP contribution < -0.4 is 20.4 Å². The van der Waals surface area contributed by atoms with Crippen molar-refractivity contribution in [2.24, 2.45) is 0 Å². The van der Waals surface area contributed by atoms with Gasteiger partial charge >= 0.3 is 0 Å².